The summed E-state index contributed by atoms with van der Waals surface area (Å²) < 4.78 is 16.8. The molecule has 0 N–H and O–H groups in total. The molecule has 0 bridgehead atoms. The molecule has 1 unspecified atom stereocenters. The largest absolute Gasteiger partial charge is 0.462 e. The molecule has 386 valence electrons. The van der Waals surface area contributed by atoms with Gasteiger partial charge in [0.05, 0.1) is 0 Å². The lowest BCUT2D eigenvalue weighted by molar-refractivity contribution is -0.167. The van der Waals surface area contributed by atoms with Gasteiger partial charge >= 0.3 is 17.9 Å². The first-order valence-electron chi connectivity index (χ1n) is 27.9. The summed E-state index contributed by atoms with van der Waals surface area (Å²) in [5, 5.41) is 0. The summed E-state index contributed by atoms with van der Waals surface area (Å²) in [5.41, 5.74) is 0. The average Bonchev–Trinajstić information content (AvgIpc) is 3.34. The second-order valence-electron chi connectivity index (χ2n) is 18.1. The van der Waals surface area contributed by atoms with Gasteiger partial charge < -0.3 is 14.2 Å². The maximum absolute atomic E-state index is 12.8. The third-order valence-electron chi connectivity index (χ3n) is 11.5. The van der Waals surface area contributed by atoms with E-state index in [2.05, 4.69) is 130 Å². The minimum Gasteiger partial charge on any atom is -0.462 e. The van der Waals surface area contributed by atoms with Crippen molar-refractivity contribution in [1.82, 2.24) is 0 Å². The lowest BCUT2D eigenvalue weighted by Crippen LogP contribution is -2.30. The Balaban J connectivity index is 4.50. The smallest absolute Gasteiger partial charge is 0.306 e. The molecule has 6 heteroatoms. The molecule has 0 radical (unpaired) electrons. The molecular formula is C62H102O6. The molecule has 0 saturated heterocycles. The predicted octanol–water partition coefficient (Wildman–Crippen LogP) is 18.7. The number of ether oxygens (including phenoxy) is 3. The Morgan fingerprint density at radius 2 is 0.574 bits per heavy atom. The van der Waals surface area contributed by atoms with Gasteiger partial charge in [-0.1, -0.05) is 207 Å². The summed E-state index contributed by atoms with van der Waals surface area (Å²) in [7, 11) is 0. The van der Waals surface area contributed by atoms with Crippen molar-refractivity contribution in [3.05, 3.63) is 109 Å². The first kappa shape index (κ1) is 64.1. The summed E-state index contributed by atoms with van der Waals surface area (Å²) >= 11 is 0. The van der Waals surface area contributed by atoms with E-state index < -0.39 is 6.10 Å². The molecule has 0 spiro atoms. The SMILES string of the molecule is CC/C=C\C/C=C\C/C=C\C/C=C\C/C=C\C/C=C\CCCCC(=O)OCC(COC(=O)CCCCCCC/C=C\CCCCCCC)OC(=O)CCCCCCC/C=C\C/C=C\CCCCC. The van der Waals surface area contributed by atoms with Crippen molar-refractivity contribution in [2.24, 2.45) is 0 Å². The van der Waals surface area contributed by atoms with E-state index in [9.17, 15) is 14.4 Å². The molecule has 0 fully saturated rings. The molecule has 0 heterocycles. The van der Waals surface area contributed by atoms with Crippen LogP contribution in [-0.2, 0) is 28.6 Å². The third-order valence-corrected chi connectivity index (χ3v) is 11.5. The molecule has 6 nitrogen and oxygen atoms in total. The zero-order chi connectivity index (χ0) is 49.3. The quantitative estimate of drug-likeness (QED) is 0.0262. The van der Waals surface area contributed by atoms with Crippen LogP contribution in [0.3, 0.4) is 0 Å². The molecule has 0 aromatic rings. The lowest BCUT2D eigenvalue weighted by atomic mass is 10.1. The van der Waals surface area contributed by atoms with Crippen molar-refractivity contribution in [3.8, 4) is 0 Å². The molecule has 0 rings (SSSR count). The van der Waals surface area contributed by atoms with E-state index in [0.29, 0.717) is 25.7 Å². The van der Waals surface area contributed by atoms with E-state index in [1.165, 1.54) is 70.6 Å². The lowest BCUT2D eigenvalue weighted by Gasteiger charge is -2.18. The Morgan fingerprint density at radius 3 is 0.971 bits per heavy atom. The normalized spacial score (nSPS) is 12.9. The zero-order valence-electron chi connectivity index (χ0n) is 44.1. The van der Waals surface area contributed by atoms with Crippen LogP contribution in [0.5, 0.6) is 0 Å². The molecule has 68 heavy (non-hydrogen) atoms. The van der Waals surface area contributed by atoms with Crippen molar-refractivity contribution < 1.29 is 28.6 Å². The number of allylic oxidation sites excluding steroid dienone is 18. The second kappa shape index (κ2) is 55.7. The van der Waals surface area contributed by atoms with E-state index in [1.54, 1.807) is 0 Å². The first-order valence-corrected chi connectivity index (χ1v) is 27.9. The fourth-order valence-corrected chi connectivity index (χ4v) is 7.29. The van der Waals surface area contributed by atoms with Crippen molar-refractivity contribution >= 4 is 17.9 Å². The molecule has 0 saturated carbocycles. The van der Waals surface area contributed by atoms with Gasteiger partial charge in [-0.15, -0.1) is 0 Å². The van der Waals surface area contributed by atoms with Crippen molar-refractivity contribution in [3.63, 3.8) is 0 Å². The summed E-state index contributed by atoms with van der Waals surface area (Å²) in [6.07, 6.45) is 75.0. The Hall–Kier alpha value is -3.93. The molecular weight excluding hydrogens is 841 g/mol. The summed E-state index contributed by atoms with van der Waals surface area (Å²) in [5.74, 6) is -0.972. The third kappa shape index (κ3) is 53.0. The number of carbonyl (C=O) groups is 3. The highest BCUT2D eigenvalue weighted by atomic mass is 16.6. The van der Waals surface area contributed by atoms with Crippen LogP contribution < -0.4 is 0 Å². The number of rotatable bonds is 49. The zero-order valence-corrected chi connectivity index (χ0v) is 44.1. The summed E-state index contributed by atoms with van der Waals surface area (Å²) in [4.78, 5) is 38.1. The highest BCUT2D eigenvalue weighted by Crippen LogP contribution is 2.13. The second-order valence-corrected chi connectivity index (χ2v) is 18.1. The average molecular weight is 943 g/mol. The fraction of sp³-hybridized carbons (Fsp3) is 0.661. The molecule has 1 atom stereocenters. The maximum Gasteiger partial charge on any atom is 0.306 e. The van der Waals surface area contributed by atoms with Crippen LogP contribution in [0.2, 0.25) is 0 Å². The van der Waals surface area contributed by atoms with Gasteiger partial charge in [-0.25, -0.2) is 0 Å². The molecule has 0 aliphatic carbocycles. The van der Waals surface area contributed by atoms with E-state index in [4.69, 9.17) is 14.2 Å². The van der Waals surface area contributed by atoms with Crippen LogP contribution in [0.4, 0.5) is 0 Å². The predicted molar refractivity (Wildman–Crippen MR) is 293 cm³/mol. The minimum atomic E-state index is -0.809. The number of unbranched alkanes of at least 4 members (excludes halogenated alkanes) is 20. The first-order chi connectivity index (χ1) is 33.5. The molecule has 0 aromatic heterocycles. The van der Waals surface area contributed by atoms with Gasteiger partial charge in [0.15, 0.2) is 6.10 Å². The van der Waals surface area contributed by atoms with E-state index >= 15 is 0 Å². The van der Waals surface area contributed by atoms with Crippen LogP contribution >= 0.6 is 0 Å². The Labute approximate surface area is 419 Å². The molecule has 0 amide bonds. The monoisotopic (exact) mass is 943 g/mol. The van der Waals surface area contributed by atoms with E-state index in [-0.39, 0.29) is 31.1 Å². The Morgan fingerprint density at radius 1 is 0.309 bits per heavy atom. The van der Waals surface area contributed by atoms with Crippen LogP contribution in [0.1, 0.15) is 245 Å². The minimum absolute atomic E-state index is 0.104. The van der Waals surface area contributed by atoms with E-state index in [1.807, 2.05) is 0 Å². The van der Waals surface area contributed by atoms with Gasteiger partial charge in [-0.05, 0) is 128 Å². The van der Waals surface area contributed by atoms with Crippen molar-refractivity contribution in [1.29, 1.82) is 0 Å². The van der Waals surface area contributed by atoms with Gasteiger partial charge in [0.1, 0.15) is 13.2 Å². The summed E-state index contributed by atoms with van der Waals surface area (Å²) in [6.45, 7) is 6.43. The van der Waals surface area contributed by atoms with Crippen molar-refractivity contribution in [2.75, 3.05) is 13.2 Å². The standard InChI is InChI=1S/C62H102O6/c1-4-7-10-13-16-19-22-25-28-29-30-31-32-33-35-37-40-43-46-49-52-55-61(64)67-58-59(57-66-60(63)54-51-48-45-42-39-36-27-24-21-18-15-12-9-6-3)68-62(65)56-53-50-47-44-41-38-34-26-23-20-17-14-11-8-5-2/h7,10,16-17,19-20,24-28,30-31,33-35,40,43,59H,4-6,8-9,11-15,18,21-23,29,32,36-39,41-42,44-58H2,1-3H3/b10-7-,19-16-,20-17-,27-24-,28-25-,31-30-,34-26-,35-33-,43-40-. The number of esters is 3. The molecule has 0 aliphatic heterocycles. The fourth-order valence-electron chi connectivity index (χ4n) is 7.29. The van der Waals surface area contributed by atoms with Crippen LogP contribution in [0.15, 0.2) is 109 Å². The molecule has 0 aliphatic rings. The highest BCUT2D eigenvalue weighted by Gasteiger charge is 2.19. The Bertz CT molecular complexity index is 1410. The van der Waals surface area contributed by atoms with E-state index in [0.717, 1.165) is 128 Å². The Kier molecular flexibility index (Phi) is 52.4. The van der Waals surface area contributed by atoms with Crippen LogP contribution in [0.25, 0.3) is 0 Å². The summed E-state index contributed by atoms with van der Waals surface area (Å²) in [6, 6.07) is 0. The van der Waals surface area contributed by atoms with Crippen LogP contribution in [0, 0.1) is 0 Å². The van der Waals surface area contributed by atoms with Gasteiger partial charge in [-0.2, -0.15) is 0 Å². The van der Waals surface area contributed by atoms with Crippen LogP contribution in [-0.4, -0.2) is 37.2 Å². The van der Waals surface area contributed by atoms with Gasteiger partial charge in [-0.3, -0.25) is 14.4 Å². The topological polar surface area (TPSA) is 78.9 Å². The maximum atomic E-state index is 12.8. The molecule has 0 aromatic carbocycles. The number of hydrogen-bond donors (Lipinski definition) is 0. The van der Waals surface area contributed by atoms with Crippen molar-refractivity contribution in [2.45, 2.75) is 252 Å². The van der Waals surface area contributed by atoms with Gasteiger partial charge in [0.2, 0.25) is 0 Å². The highest BCUT2D eigenvalue weighted by molar-refractivity contribution is 5.71. The van der Waals surface area contributed by atoms with Gasteiger partial charge in [0.25, 0.3) is 0 Å². The number of hydrogen-bond acceptors (Lipinski definition) is 6. The van der Waals surface area contributed by atoms with Gasteiger partial charge in [0, 0.05) is 19.3 Å². The number of carbonyl (C=O) groups excluding carboxylic acids is 3.